The molecule has 1 fully saturated rings. The van der Waals surface area contributed by atoms with Crippen molar-refractivity contribution >= 4 is 0 Å². The SMILES string of the molecule is CCOC(C)CN1CC(C)NCC1c1ccccc1. The molecule has 1 aliphatic heterocycles. The molecule has 0 spiro atoms. The van der Waals surface area contributed by atoms with Gasteiger partial charge in [0.1, 0.15) is 0 Å². The molecule has 0 radical (unpaired) electrons. The highest BCUT2D eigenvalue weighted by atomic mass is 16.5. The molecule has 3 atom stereocenters. The van der Waals surface area contributed by atoms with E-state index in [0.717, 1.165) is 26.2 Å². The van der Waals surface area contributed by atoms with Crippen LogP contribution in [0.3, 0.4) is 0 Å². The van der Waals surface area contributed by atoms with E-state index in [2.05, 4.69) is 61.3 Å². The molecule has 3 unspecified atom stereocenters. The summed E-state index contributed by atoms with van der Waals surface area (Å²) in [6.45, 7) is 10.4. The fourth-order valence-electron chi connectivity index (χ4n) is 2.86. The number of rotatable bonds is 5. The smallest absolute Gasteiger partial charge is 0.0673 e. The van der Waals surface area contributed by atoms with Crippen LogP contribution in [0, 0.1) is 0 Å². The molecule has 1 N–H and O–H groups in total. The topological polar surface area (TPSA) is 24.5 Å². The van der Waals surface area contributed by atoms with E-state index in [4.69, 9.17) is 4.74 Å². The Hall–Kier alpha value is -0.900. The van der Waals surface area contributed by atoms with Gasteiger partial charge in [-0.05, 0) is 26.3 Å². The van der Waals surface area contributed by atoms with E-state index in [0.29, 0.717) is 18.2 Å². The first-order chi connectivity index (χ1) is 9.20. The second-order valence-electron chi connectivity index (χ2n) is 5.46. The van der Waals surface area contributed by atoms with Gasteiger partial charge >= 0.3 is 0 Å². The molecule has 1 aromatic rings. The van der Waals surface area contributed by atoms with Crippen molar-refractivity contribution < 1.29 is 4.74 Å². The predicted octanol–water partition coefficient (Wildman–Crippen LogP) is 2.45. The zero-order valence-corrected chi connectivity index (χ0v) is 12.3. The van der Waals surface area contributed by atoms with Gasteiger partial charge in [0.25, 0.3) is 0 Å². The van der Waals surface area contributed by atoms with Gasteiger partial charge in [0.05, 0.1) is 6.10 Å². The molecular formula is C16H26N2O. The van der Waals surface area contributed by atoms with Crippen LogP contribution in [-0.2, 0) is 4.74 Å². The third-order valence-electron chi connectivity index (χ3n) is 3.74. The van der Waals surface area contributed by atoms with Crippen molar-refractivity contribution in [2.45, 2.75) is 39.0 Å². The van der Waals surface area contributed by atoms with Gasteiger partial charge in [-0.2, -0.15) is 0 Å². The zero-order chi connectivity index (χ0) is 13.7. The highest BCUT2D eigenvalue weighted by Gasteiger charge is 2.27. The summed E-state index contributed by atoms with van der Waals surface area (Å²) in [4.78, 5) is 2.55. The third-order valence-corrected chi connectivity index (χ3v) is 3.74. The number of piperazine rings is 1. The number of nitrogens with one attached hydrogen (secondary N) is 1. The monoisotopic (exact) mass is 262 g/mol. The lowest BCUT2D eigenvalue weighted by atomic mass is 10.0. The molecule has 3 nitrogen and oxygen atoms in total. The van der Waals surface area contributed by atoms with Gasteiger partial charge in [-0.15, -0.1) is 0 Å². The summed E-state index contributed by atoms with van der Waals surface area (Å²) < 4.78 is 5.70. The lowest BCUT2D eigenvalue weighted by molar-refractivity contribution is 0.0209. The molecule has 1 aromatic carbocycles. The number of ether oxygens (including phenoxy) is 1. The fraction of sp³-hybridized carbons (Fsp3) is 0.625. The van der Waals surface area contributed by atoms with Crippen molar-refractivity contribution in [3.05, 3.63) is 35.9 Å². The molecule has 0 saturated carbocycles. The van der Waals surface area contributed by atoms with Gasteiger partial charge in [-0.3, -0.25) is 4.90 Å². The Morgan fingerprint density at radius 3 is 2.79 bits per heavy atom. The van der Waals surface area contributed by atoms with Crippen LogP contribution in [0.5, 0.6) is 0 Å². The average Bonchev–Trinajstić information content (AvgIpc) is 2.40. The van der Waals surface area contributed by atoms with Gasteiger partial charge in [0.2, 0.25) is 0 Å². The first-order valence-corrected chi connectivity index (χ1v) is 7.34. The normalized spacial score (nSPS) is 26.3. The fourth-order valence-corrected chi connectivity index (χ4v) is 2.86. The van der Waals surface area contributed by atoms with Crippen LogP contribution in [-0.4, -0.2) is 43.3 Å². The Morgan fingerprint density at radius 1 is 1.37 bits per heavy atom. The van der Waals surface area contributed by atoms with Crippen LogP contribution in [0.1, 0.15) is 32.4 Å². The summed E-state index contributed by atoms with van der Waals surface area (Å²) >= 11 is 0. The summed E-state index contributed by atoms with van der Waals surface area (Å²) in [6.07, 6.45) is 0.293. The third kappa shape index (κ3) is 4.03. The first-order valence-electron chi connectivity index (χ1n) is 7.34. The minimum atomic E-state index is 0.293. The Kier molecular flexibility index (Phi) is 5.37. The van der Waals surface area contributed by atoms with E-state index in [1.807, 2.05) is 0 Å². The average molecular weight is 262 g/mol. The van der Waals surface area contributed by atoms with E-state index >= 15 is 0 Å². The van der Waals surface area contributed by atoms with Gasteiger partial charge in [-0.1, -0.05) is 30.3 Å². The van der Waals surface area contributed by atoms with E-state index in [1.165, 1.54) is 5.56 Å². The number of benzene rings is 1. The predicted molar refractivity (Wildman–Crippen MR) is 79.3 cm³/mol. The van der Waals surface area contributed by atoms with Crippen molar-refractivity contribution in [3.63, 3.8) is 0 Å². The van der Waals surface area contributed by atoms with Gasteiger partial charge in [0, 0.05) is 38.3 Å². The minimum absolute atomic E-state index is 0.293. The van der Waals surface area contributed by atoms with E-state index in [1.54, 1.807) is 0 Å². The molecule has 3 heteroatoms. The summed E-state index contributed by atoms with van der Waals surface area (Å²) in [6, 6.07) is 11.8. The summed E-state index contributed by atoms with van der Waals surface area (Å²) in [5.74, 6) is 0. The molecule has 19 heavy (non-hydrogen) atoms. The van der Waals surface area contributed by atoms with Crippen molar-refractivity contribution in [1.82, 2.24) is 10.2 Å². The van der Waals surface area contributed by atoms with Crippen LogP contribution in [0.4, 0.5) is 0 Å². The second-order valence-corrected chi connectivity index (χ2v) is 5.46. The molecule has 2 rings (SSSR count). The Balaban J connectivity index is 2.06. The Labute approximate surface area is 116 Å². The standard InChI is InChI=1S/C16H26N2O/c1-4-19-14(3)12-18-11-13(2)17-10-16(18)15-8-6-5-7-9-15/h5-9,13-14,16-17H,4,10-12H2,1-3H3. The Bertz CT molecular complexity index is 368. The lowest BCUT2D eigenvalue weighted by Crippen LogP contribution is -2.52. The zero-order valence-electron chi connectivity index (χ0n) is 12.3. The lowest BCUT2D eigenvalue weighted by Gasteiger charge is -2.40. The Morgan fingerprint density at radius 2 is 2.11 bits per heavy atom. The van der Waals surface area contributed by atoms with E-state index in [-0.39, 0.29) is 0 Å². The van der Waals surface area contributed by atoms with Crippen molar-refractivity contribution in [2.75, 3.05) is 26.2 Å². The summed E-state index contributed by atoms with van der Waals surface area (Å²) in [7, 11) is 0. The van der Waals surface area contributed by atoms with Crippen molar-refractivity contribution in [3.8, 4) is 0 Å². The first kappa shape index (κ1) is 14.5. The molecule has 0 bridgehead atoms. The highest BCUT2D eigenvalue weighted by molar-refractivity contribution is 5.20. The van der Waals surface area contributed by atoms with Crippen LogP contribution >= 0.6 is 0 Å². The van der Waals surface area contributed by atoms with Gasteiger partial charge in [0.15, 0.2) is 0 Å². The maximum Gasteiger partial charge on any atom is 0.0673 e. The molecule has 106 valence electrons. The minimum Gasteiger partial charge on any atom is -0.377 e. The molecule has 0 amide bonds. The quantitative estimate of drug-likeness (QED) is 0.882. The maximum atomic E-state index is 5.70. The van der Waals surface area contributed by atoms with Crippen molar-refractivity contribution in [1.29, 1.82) is 0 Å². The maximum absolute atomic E-state index is 5.70. The molecule has 1 aliphatic rings. The van der Waals surface area contributed by atoms with Gasteiger partial charge in [-0.25, -0.2) is 0 Å². The summed E-state index contributed by atoms with van der Waals surface area (Å²) in [5, 5.41) is 3.58. The second kappa shape index (κ2) is 7.04. The number of hydrogen-bond acceptors (Lipinski definition) is 3. The number of hydrogen-bond donors (Lipinski definition) is 1. The van der Waals surface area contributed by atoms with Crippen LogP contribution in [0.2, 0.25) is 0 Å². The van der Waals surface area contributed by atoms with Crippen LogP contribution in [0.25, 0.3) is 0 Å². The molecule has 0 aliphatic carbocycles. The number of nitrogens with zero attached hydrogens (tertiary/aromatic N) is 1. The van der Waals surface area contributed by atoms with Crippen molar-refractivity contribution in [2.24, 2.45) is 0 Å². The molecule has 1 saturated heterocycles. The summed E-state index contributed by atoms with van der Waals surface area (Å²) in [5.41, 5.74) is 1.39. The molecule has 0 aromatic heterocycles. The largest absolute Gasteiger partial charge is 0.377 e. The van der Waals surface area contributed by atoms with Crippen LogP contribution < -0.4 is 5.32 Å². The van der Waals surface area contributed by atoms with E-state index < -0.39 is 0 Å². The van der Waals surface area contributed by atoms with Gasteiger partial charge < -0.3 is 10.1 Å². The van der Waals surface area contributed by atoms with E-state index in [9.17, 15) is 0 Å². The molecule has 1 heterocycles. The molecular weight excluding hydrogens is 236 g/mol. The highest BCUT2D eigenvalue weighted by Crippen LogP contribution is 2.23. The van der Waals surface area contributed by atoms with Crippen LogP contribution in [0.15, 0.2) is 30.3 Å².